The van der Waals surface area contributed by atoms with Gasteiger partial charge in [-0.05, 0) is 31.2 Å². The van der Waals surface area contributed by atoms with Crippen molar-refractivity contribution in [2.75, 3.05) is 0 Å². The van der Waals surface area contributed by atoms with E-state index in [1.807, 2.05) is 31.2 Å². The van der Waals surface area contributed by atoms with Gasteiger partial charge in [-0.25, -0.2) is 4.39 Å². The van der Waals surface area contributed by atoms with Crippen LogP contribution < -0.4 is 0 Å². The zero-order valence-corrected chi connectivity index (χ0v) is 12.5. The first-order valence-corrected chi connectivity index (χ1v) is 7.91. The Kier molecular flexibility index (Phi) is 3.50. The van der Waals surface area contributed by atoms with E-state index in [1.165, 1.54) is 18.3 Å². The molecular weight excluding hydrogens is 305 g/mol. The molecule has 0 saturated heterocycles. The molecule has 0 fully saturated rings. The molecule has 0 bridgehead atoms. The van der Waals surface area contributed by atoms with Gasteiger partial charge in [-0.2, -0.15) is 8.42 Å². The molecule has 5 nitrogen and oxygen atoms in total. The fourth-order valence-electron chi connectivity index (χ4n) is 1.94. The van der Waals surface area contributed by atoms with E-state index >= 15 is 0 Å². The Bertz CT molecular complexity index is 901. The summed E-state index contributed by atoms with van der Waals surface area (Å²) in [5, 5.41) is 7.56. The van der Waals surface area contributed by atoms with Gasteiger partial charge in [-0.1, -0.05) is 35.0 Å². The number of aryl methyl sites for hydroxylation is 1. The van der Waals surface area contributed by atoms with Gasteiger partial charge in [-0.15, -0.1) is 9.19 Å². The molecule has 0 amide bonds. The van der Waals surface area contributed by atoms with Crippen molar-refractivity contribution < 1.29 is 12.8 Å². The van der Waals surface area contributed by atoms with Gasteiger partial charge < -0.3 is 0 Å². The predicted octanol–water partition coefficient (Wildman–Crippen LogP) is 2.63. The third kappa shape index (κ3) is 2.62. The highest BCUT2D eigenvalue weighted by atomic mass is 32.2. The molecule has 0 saturated carbocycles. The summed E-state index contributed by atoms with van der Waals surface area (Å²) in [6.45, 7) is 1.96. The molecule has 0 aliphatic heterocycles. The minimum atomic E-state index is -3.87. The number of rotatable bonds is 3. The predicted molar refractivity (Wildman–Crippen MR) is 79.2 cm³/mol. The van der Waals surface area contributed by atoms with Crippen molar-refractivity contribution in [3.8, 4) is 11.3 Å². The highest BCUT2D eigenvalue weighted by Crippen LogP contribution is 2.19. The van der Waals surface area contributed by atoms with Crippen molar-refractivity contribution in [3.63, 3.8) is 0 Å². The first kappa shape index (κ1) is 14.4. The fraction of sp³-hybridized carbons (Fsp3) is 0.0667. The van der Waals surface area contributed by atoms with E-state index in [4.69, 9.17) is 0 Å². The number of hydrogen-bond acceptors (Lipinski definition) is 4. The average Bonchev–Trinajstić information content (AvgIpc) is 2.99. The van der Waals surface area contributed by atoms with Gasteiger partial charge in [-0.3, -0.25) is 0 Å². The van der Waals surface area contributed by atoms with Crippen LogP contribution in [0.4, 0.5) is 4.39 Å². The summed E-state index contributed by atoms with van der Waals surface area (Å²) in [6.07, 6.45) is 1.34. The Morgan fingerprint density at radius 3 is 2.27 bits per heavy atom. The maximum atomic E-state index is 12.9. The minimum absolute atomic E-state index is 0.0470. The van der Waals surface area contributed by atoms with E-state index in [-0.39, 0.29) is 4.90 Å². The van der Waals surface area contributed by atoms with Crippen molar-refractivity contribution in [1.29, 1.82) is 0 Å². The quantitative estimate of drug-likeness (QED) is 0.745. The second-order valence-corrected chi connectivity index (χ2v) is 6.60. The second-order valence-electron chi connectivity index (χ2n) is 4.80. The number of nitrogens with zero attached hydrogens (tertiary/aromatic N) is 3. The third-order valence-corrected chi connectivity index (χ3v) is 4.72. The van der Waals surface area contributed by atoms with E-state index < -0.39 is 15.8 Å². The van der Waals surface area contributed by atoms with Gasteiger partial charge in [0.25, 0.3) is 10.0 Å². The first-order valence-electron chi connectivity index (χ1n) is 6.47. The lowest BCUT2D eigenvalue weighted by molar-refractivity contribution is 0.576. The Balaban J connectivity index is 1.99. The van der Waals surface area contributed by atoms with Gasteiger partial charge >= 0.3 is 0 Å². The largest absolute Gasteiger partial charge is 0.284 e. The van der Waals surface area contributed by atoms with Gasteiger partial charge in [0, 0.05) is 5.56 Å². The van der Waals surface area contributed by atoms with Gasteiger partial charge in [0.2, 0.25) is 0 Å². The first-order chi connectivity index (χ1) is 10.5. The smallest absolute Gasteiger partial charge is 0.207 e. The van der Waals surface area contributed by atoms with E-state index in [0.29, 0.717) is 5.69 Å². The fourth-order valence-corrected chi connectivity index (χ4v) is 3.00. The van der Waals surface area contributed by atoms with E-state index in [9.17, 15) is 12.8 Å². The number of benzene rings is 2. The van der Waals surface area contributed by atoms with Crippen molar-refractivity contribution in [2.45, 2.75) is 11.8 Å². The Morgan fingerprint density at radius 1 is 1.00 bits per heavy atom. The van der Waals surface area contributed by atoms with Crippen LogP contribution in [-0.4, -0.2) is 22.8 Å². The molecule has 0 atom stereocenters. The lowest BCUT2D eigenvalue weighted by Crippen LogP contribution is -2.13. The molecule has 0 aliphatic carbocycles. The molecule has 0 aliphatic rings. The van der Waals surface area contributed by atoms with Crippen LogP contribution in [-0.2, 0) is 10.0 Å². The van der Waals surface area contributed by atoms with Crippen molar-refractivity contribution >= 4 is 10.0 Å². The maximum Gasteiger partial charge on any atom is 0.284 e. The minimum Gasteiger partial charge on any atom is -0.207 e. The van der Waals surface area contributed by atoms with Crippen LogP contribution in [0, 0.1) is 12.7 Å². The van der Waals surface area contributed by atoms with E-state index in [0.717, 1.165) is 27.3 Å². The van der Waals surface area contributed by atoms with Crippen molar-refractivity contribution in [2.24, 2.45) is 0 Å². The Hall–Kier alpha value is -2.54. The lowest BCUT2D eigenvalue weighted by Gasteiger charge is -2.02. The molecule has 112 valence electrons. The van der Waals surface area contributed by atoms with Crippen LogP contribution in [0.3, 0.4) is 0 Å². The second kappa shape index (κ2) is 5.34. The van der Waals surface area contributed by atoms with Crippen LogP contribution in [0.15, 0.2) is 59.6 Å². The standard InChI is InChI=1S/C15H12FN3O2S/c1-11-2-4-12(5-3-11)15-10-19(18-17-15)22(20,21)14-8-6-13(16)7-9-14/h2-10H,1H3. The SMILES string of the molecule is Cc1ccc(-c2cn(S(=O)(=O)c3ccc(F)cc3)nn2)cc1. The highest BCUT2D eigenvalue weighted by Gasteiger charge is 2.19. The molecule has 1 aromatic heterocycles. The van der Waals surface area contributed by atoms with Crippen molar-refractivity contribution in [1.82, 2.24) is 14.4 Å². The van der Waals surface area contributed by atoms with Crippen LogP contribution in [0.1, 0.15) is 5.56 Å². The van der Waals surface area contributed by atoms with Gasteiger partial charge in [0.15, 0.2) is 0 Å². The zero-order chi connectivity index (χ0) is 15.7. The van der Waals surface area contributed by atoms with Gasteiger partial charge in [0.05, 0.1) is 11.1 Å². The van der Waals surface area contributed by atoms with E-state index in [1.54, 1.807) is 0 Å². The van der Waals surface area contributed by atoms with E-state index in [2.05, 4.69) is 10.3 Å². The average molecular weight is 317 g/mol. The Morgan fingerprint density at radius 2 is 1.64 bits per heavy atom. The molecule has 22 heavy (non-hydrogen) atoms. The normalized spacial score (nSPS) is 11.5. The van der Waals surface area contributed by atoms with Crippen molar-refractivity contribution in [3.05, 3.63) is 66.1 Å². The van der Waals surface area contributed by atoms with Crippen LogP contribution in [0.2, 0.25) is 0 Å². The monoisotopic (exact) mass is 317 g/mol. The maximum absolute atomic E-state index is 12.9. The molecule has 3 rings (SSSR count). The summed E-state index contributed by atoms with van der Waals surface area (Å²) in [6, 6.07) is 12.1. The molecule has 3 aromatic rings. The lowest BCUT2D eigenvalue weighted by atomic mass is 10.1. The molecule has 1 heterocycles. The number of aromatic nitrogens is 3. The molecular formula is C15H12FN3O2S. The molecule has 0 unspecified atom stereocenters. The molecule has 2 aromatic carbocycles. The summed E-state index contributed by atoms with van der Waals surface area (Å²) in [4.78, 5) is -0.0470. The summed E-state index contributed by atoms with van der Waals surface area (Å²) in [5.74, 6) is -0.502. The third-order valence-electron chi connectivity index (χ3n) is 3.18. The van der Waals surface area contributed by atoms with Crippen LogP contribution >= 0.6 is 0 Å². The number of hydrogen-bond donors (Lipinski definition) is 0. The molecule has 0 radical (unpaired) electrons. The molecule has 0 spiro atoms. The summed E-state index contributed by atoms with van der Waals surface area (Å²) >= 11 is 0. The summed E-state index contributed by atoms with van der Waals surface area (Å²) in [7, 11) is -3.87. The number of halogens is 1. The highest BCUT2D eigenvalue weighted by molar-refractivity contribution is 7.89. The van der Waals surface area contributed by atoms with Crippen LogP contribution in [0.5, 0.6) is 0 Å². The zero-order valence-electron chi connectivity index (χ0n) is 11.6. The molecule has 7 heteroatoms. The molecule has 0 N–H and O–H groups in total. The topological polar surface area (TPSA) is 64.8 Å². The summed E-state index contributed by atoms with van der Waals surface area (Å²) < 4.78 is 38.5. The summed E-state index contributed by atoms with van der Waals surface area (Å²) in [5.41, 5.74) is 2.31. The Labute approximate surface area is 127 Å². The van der Waals surface area contributed by atoms with Crippen LogP contribution in [0.25, 0.3) is 11.3 Å². The van der Waals surface area contributed by atoms with Gasteiger partial charge in [0.1, 0.15) is 11.5 Å².